The van der Waals surface area contributed by atoms with E-state index in [0.29, 0.717) is 12.4 Å². The lowest BCUT2D eigenvalue weighted by Crippen LogP contribution is -2.35. The molecular weight excluding hydrogens is 333 g/mol. The van der Waals surface area contributed by atoms with Crippen molar-refractivity contribution in [1.82, 2.24) is 19.9 Å². The zero-order valence-corrected chi connectivity index (χ0v) is 12.8. The summed E-state index contributed by atoms with van der Waals surface area (Å²) < 4.78 is 40.2. The molecule has 1 amide bonds. The Morgan fingerprint density at radius 1 is 1.39 bits per heavy atom. The predicted octanol–water partition coefficient (Wildman–Crippen LogP) is 2.86. The third-order valence-corrected chi connectivity index (χ3v) is 4.18. The summed E-state index contributed by atoms with van der Waals surface area (Å²) in [7, 11) is 0. The second-order valence-corrected chi connectivity index (χ2v) is 5.98. The van der Waals surface area contributed by atoms with Gasteiger partial charge in [-0.15, -0.1) is 10.2 Å². The topological polar surface area (TPSA) is 59.3 Å². The fourth-order valence-corrected chi connectivity index (χ4v) is 2.70. The van der Waals surface area contributed by atoms with Crippen LogP contribution in [-0.4, -0.2) is 27.0 Å². The number of hydrogen-bond donors (Lipinski definition) is 1. The van der Waals surface area contributed by atoms with Crippen LogP contribution in [0.2, 0.25) is 5.02 Å². The molecular formula is C14H14ClF3N4O. The lowest BCUT2D eigenvalue weighted by molar-refractivity contribution is -0.136. The lowest BCUT2D eigenvalue weighted by atomic mass is 9.85. The van der Waals surface area contributed by atoms with Gasteiger partial charge in [-0.05, 0) is 18.9 Å². The van der Waals surface area contributed by atoms with Gasteiger partial charge in [-0.25, -0.2) is 0 Å². The van der Waals surface area contributed by atoms with Crippen molar-refractivity contribution in [2.75, 3.05) is 6.54 Å². The van der Waals surface area contributed by atoms with Gasteiger partial charge < -0.3 is 5.32 Å². The summed E-state index contributed by atoms with van der Waals surface area (Å²) in [6.07, 6.45) is -0.0957. The number of carbonyl (C=O) groups excluding carboxylic acids is 1. The van der Waals surface area contributed by atoms with Crippen LogP contribution in [0.4, 0.5) is 13.2 Å². The standard InChI is InChI=1S/C14H14ClF3N4O/c15-9-6-10(14(16,17)18)12-21-20-11(22(12)7-9)4-5-19-13(23)8-2-1-3-8/h6-8H,1-5H2,(H,19,23). The number of hydrogen-bond acceptors (Lipinski definition) is 3. The number of nitrogens with zero attached hydrogens (tertiary/aromatic N) is 3. The van der Waals surface area contributed by atoms with E-state index >= 15 is 0 Å². The Bertz CT molecular complexity index is 739. The normalized spacial score (nSPS) is 15.7. The average molecular weight is 347 g/mol. The van der Waals surface area contributed by atoms with E-state index in [1.54, 1.807) is 0 Å². The number of amides is 1. The number of fused-ring (bicyclic) bond motifs is 1. The largest absolute Gasteiger partial charge is 0.420 e. The van der Waals surface area contributed by atoms with Crippen LogP contribution in [0.25, 0.3) is 5.65 Å². The summed E-state index contributed by atoms with van der Waals surface area (Å²) in [5.41, 5.74) is -1.22. The first-order valence-corrected chi connectivity index (χ1v) is 7.62. The molecule has 124 valence electrons. The summed E-state index contributed by atoms with van der Waals surface area (Å²) in [4.78, 5) is 11.7. The monoisotopic (exact) mass is 346 g/mol. The van der Waals surface area contributed by atoms with Gasteiger partial charge in [0, 0.05) is 25.1 Å². The van der Waals surface area contributed by atoms with Crippen molar-refractivity contribution in [1.29, 1.82) is 0 Å². The number of halogens is 4. The Balaban J connectivity index is 1.76. The van der Waals surface area contributed by atoms with Crippen LogP contribution in [0.3, 0.4) is 0 Å². The molecule has 0 atom stereocenters. The first-order chi connectivity index (χ1) is 10.9. The van der Waals surface area contributed by atoms with Crippen LogP contribution in [0.1, 0.15) is 30.7 Å². The van der Waals surface area contributed by atoms with Gasteiger partial charge in [0.25, 0.3) is 0 Å². The first kappa shape index (κ1) is 16.0. The Hall–Kier alpha value is -1.83. The number of alkyl halides is 3. The second-order valence-electron chi connectivity index (χ2n) is 5.55. The molecule has 3 rings (SSSR count). The van der Waals surface area contributed by atoms with E-state index in [1.807, 2.05) is 0 Å². The molecule has 0 radical (unpaired) electrons. The van der Waals surface area contributed by atoms with E-state index in [9.17, 15) is 18.0 Å². The van der Waals surface area contributed by atoms with Gasteiger partial charge in [-0.3, -0.25) is 9.20 Å². The van der Waals surface area contributed by atoms with Crippen LogP contribution in [0, 0.1) is 5.92 Å². The molecule has 9 heteroatoms. The van der Waals surface area contributed by atoms with Crippen molar-refractivity contribution >= 4 is 23.2 Å². The maximum absolute atomic E-state index is 13.0. The Morgan fingerprint density at radius 3 is 2.74 bits per heavy atom. The molecule has 1 aliphatic carbocycles. The maximum Gasteiger partial charge on any atom is 0.420 e. The van der Waals surface area contributed by atoms with E-state index in [4.69, 9.17) is 11.6 Å². The SMILES string of the molecule is O=C(NCCc1nnc2c(C(F)(F)F)cc(Cl)cn12)C1CCC1. The van der Waals surface area contributed by atoms with Crippen molar-refractivity contribution in [2.45, 2.75) is 31.9 Å². The van der Waals surface area contributed by atoms with Gasteiger partial charge in [0.15, 0.2) is 5.65 Å². The second kappa shape index (κ2) is 5.99. The summed E-state index contributed by atoms with van der Waals surface area (Å²) in [5, 5.41) is 10.1. The Kier molecular flexibility index (Phi) is 4.18. The lowest BCUT2D eigenvalue weighted by Gasteiger charge is -2.23. The minimum Gasteiger partial charge on any atom is -0.355 e. The minimum absolute atomic E-state index is 0.0147. The molecule has 1 fully saturated rings. The number of carbonyl (C=O) groups is 1. The van der Waals surface area contributed by atoms with Gasteiger partial charge in [-0.1, -0.05) is 18.0 Å². The summed E-state index contributed by atoms with van der Waals surface area (Å²) >= 11 is 5.77. The summed E-state index contributed by atoms with van der Waals surface area (Å²) in [5.74, 6) is 0.373. The fourth-order valence-electron chi connectivity index (χ4n) is 2.50. The molecule has 1 N–H and O–H groups in total. The molecule has 5 nitrogen and oxygen atoms in total. The van der Waals surface area contributed by atoms with Crippen LogP contribution < -0.4 is 5.32 Å². The molecule has 2 heterocycles. The van der Waals surface area contributed by atoms with Crippen molar-refractivity contribution in [3.63, 3.8) is 0 Å². The van der Waals surface area contributed by atoms with Crippen molar-refractivity contribution < 1.29 is 18.0 Å². The zero-order valence-electron chi connectivity index (χ0n) is 12.0. The average Bonchev–Trinajstić information content (AvgIpc) is 2.78. The molecule has 1 aliphatic rings. The molecule has 0 aliphatic heterocycles. The fraction of sp³-hybridized carbons (Fsp3) is 0.500. The number of aromatic nitrogens is 3. The van der Waals surface area contributed by atoms with Gasteiger partial charge in [0.2, 0.25) is 5.91 Å². The molecule has 2 aromatic rings. The number of nitrogens with one attached hydrogen (secondary N) is 1. The highest BCUT2D eigenvalue weighted by Gasteiger charge is 2.35. The third-order valence-electron chi connectivity index (χ3n) is 3.97. The molecule has 1 saturated carbocycles. The summed E-state index contributed by atoms with van der Waals surface area (Å²) in [6, 6.07) is 0.827. The molecule has 0 spiro atoms. The molecule has 0 unspecified atom stereocenters. The van der Waals surface area contributed by atoms with E-state index in [0.717, 1.165) is 25.3 Å². The van der Waals surface area contributed by atoms with E-state index in [2.05, 4.69) is 15.5 Å². The van der Waals surface area contributed by atoms with Gasteiger partial charge >= 0.3 is 6.18 Å². The first-order valence-electron chi connectivity index (χ1n) is 7.24. The number of pyridine rings is 1. The van der Waals surface area contributed by atoms with Gasteiger partial charge in [0.1, 0.15) is 11.4 Å². The minimum atomic E-state index is -4.56. The molecule has 0 bridgehead atoms. The molecule has 2 aromatic heterocycles. The predicted molar refractivity (Wildman–Crippen MR) is 77.1 cm³/mol. The van der Waals surface area contributed by atoms with Crippen LogP contribution in [0.15, 0.2) is 12.3 Å². The van der Waals surface area contributed by atoms with Gasteiger partial charge in [-0.2, -0.15) is 13.2 Å². The Morgan fingerprint density at radius 2 is 2.13 bits per heavy atom. The van der Waals surface area contributed by atoms with Crippen LogP contribution >= 0.6 is 11.6 Å². The Labute approximate surface area is 134 Å². The quantitative estimate of drug-likeness (QED) is 0.926. The van der Waals surface area contributed by atoms with E-state index in [1.165, 1.54) is 10.6 Å². The zero-order chi connectivity index (χ0) is 16.6. The van der Waals surface area contributed by atoms with Gasteiger partial charge in [0.05, 0.1) is 5.02 Å². The summed E-state index contributed by atoms with van der Waals surface area (Å²) in [6.45, 7) is 0.296. The molecule has 0 saturated heterocycles. The van der Waals surface area contributed by atoms with Crippen molar-refractivity contribution in [2.24, 2.45) is 5.92 Å². The number of rotatable bonds is 4. The molecule has 23 heavy (non-hydrogen) atoms. The van der Waals surface area contributed by atoms with E-state index in [-0.39, 0.29) is 28.9 Å². The highest BCUT2D eigenvalue weighted by molar-refractivity contribution is 6.30. The maximum atomic E-state index is 13.0. The third kappa shape index (κ3) is 3.26. The van der Waals surface area contributed by atoms with Crippen molar-refractivity contribution in [3.05, 3.63) is 28.7 Å². The molecule has 0 aromatic carbocycles. The highest BCUT2D eigenvalue weighted by atomic mass is 35.5. The smallest absolute Gasteiger partial charge is 0.355 e. The highest BCUT2D eigenvalue weighted by Crippen LogP contribution is 2.33. The van der Waals surface area contributed by atoms with Crippen molar-refractivity contribution in [3.8, 4) is 0 Å². The van der Waals surface area contributed by atoms with Crippen LogP contribution in [-0.2, 0) is 17.4 Å². The van der Waals surface area contributed by atoms with E-state index < -0.39 is 11.7 Å². The van der Waals surface area contributed by atoms with Crippen LogP contribution in [0.5, 0.6) is 0 Å².